The van der Waals surface area contributed by atoms with Crippen LogP contribution in [0.1, 0.15) is 25.8 Å². The van der Waals surface area contributed by atoms with Crippen LogP contribution in [0.5, 0.6) is 0 Å². The van der Waals surface area contributed by atoms with E-state index in [1.807, 2.05) is 13.8 Å². The van der Waals surface area contributed by atoms with Gasteiger partial charge in [0.15, 0.2) is 5.17 Å². The van der Waals surface area contributed by atoms with Crippen molar-refractivity contribution < 1.29 is 13.2 Å². The highest BCUT2D eigenvalue weighted by molar-refractivity contribution is 8.14. The van der Waals surface area contributed by atoms with E-state index in [1.54, 1.807) is 11.8 Å². The minimum Gasteiger partial charge on any atom is -0.335 e. The molecule has 0 aliphatic carbocycles. The van der Waals surface area contributed by atoms with Gasteiger partial charge in [-0.1, -0.05) is 11.8 Å². The van der Waals surface area contributed by atoms with E-state index in [4.69, 9.17) is 0 Å². The van der Waals surface area contributed by atoms with Crippen molar-refractivity contribution in [2.24, 2.45) is 4.99 Å². The molecule has 0 unspecified atom stereocenters. The first-order valence-corrected chi connectivity index (χ1v) is 6.92. The molecule has 1 N–H and O–H groups in total. The van der Waals surface area contributed by atoms with Crippen molar-refractivity contribution in [3.05, 3.63) is 29.8 Å². The van der Waals surface area contributed by atoms with Gasteiger partial charge in [0.05, 0.1) is 11.1 Å². The zero-order valence-corrected chi connectivity index (χ0v) is 11.5. The summed E-state index contributed by atoms with van der Waals surface area (Å²) < 4.78 is 37.3. The number of hydrogen-bond donors (Lipinski definition) is 1. The number of rotatable bonds is 1. The summed E-state index contributed by atoms with van der Waals surface area (Å²) in [6, 6.07) is 4.99. The number of nitrogens with one attached hydrogen (secondary N) is 1. The third kappa shape index (κ3) is 3.89. The first-order chi connectivity index (χ1) is 8.76. The highest BCUT2D eigenvalue weighted by atomic mass is 32.2. The second-order valence-corrected chi connectivity index (χ2v) is 6.11. The van der Waals surface area contributed by atoms with Crippen LogP contribution in [-0.2, 0) is 6.18 Å². The van der Waals surface area contributed by atoms with Crippen molar-refractivity contribution in [1.82, 2.24) is 0 Å². The van der Waals surface area contributed by atoms with Gasteiger partial charge < -0.3 is 5.32 Å². The molecule has 0 bridgehead atoms. The normalized spacial score (nSPS) is 18.9. The first kappa shape index (κ1) is 14.2. The molecule has 1 aromatic rings. The monoisotopic (exact) mass is 288 g/mol. The maximum Gasteiger partial charge on any atom is 0.416 e. The quantitative estimate of drug-likeness (QED) is 0.829. The number of aliphatic imine (C=N–C) groups is 1. The third-order valence-corrected chi connectivity index (χ3v) is 3.70. The lowest BCUT2D eigenvalue weighted by atomic mass is 10.0. The molecule has 0 radical (unpaired) electrons. The van der Waals surface area contributed by atoms with Gasteiger partial charge in [-0.15, -0.1) is 0 Å². The lowest BCUT2D eigenvalue weighted by molar-refractivity contribution is -0.137. The fraction of sp³-hybridized carbons (Fsp3) is 0.462. The van der Waals surface area contributed by atoms with Crippen LogP contribution in [0.3, 0.4) is 0 Å². The van der Waals surface area contributed by atoms with E-state index in [2.05, 4.69) is 10.3 Å². The summed E-state index contributed by atoms with van der Waals surface area (Å²) in [5, 5.41) is 3.82. The molecule has 0 saturated heterocycles. The van der Waals surface area contributed by atoms with Crippen LogP contribution in [-0.4, -0.2) is 16.5 Å². The highest BCUT2D eigenvalue weighted by Gasteiger charge is 2.30. The minimum absolute atomic E-state index is 0.112. The SMILES string of the molecule is CC1(C)CCSC(Nc2ccc(C(F)(F)F)cc2)=N1. The Bertz CT molecular complexity index is 478. The number of halogens is 3. The van der Waals surface area contributed by atoms with E-state index in [-0.39, 0.29) is 5.54 Å². The van der Waals surface area contributed by atoms with E-state index in [0.29, 0.717) is 5.69 Å². The molecule has 0 aromatic heterocycles. The Morgan fingerprint density at radius 3 is 2.37 bits per heavy atom. The maximum absolute atomic E-state index is 12.4. The number of amidine groups is 1. The Kier molecular flexibility index (Phi) is 3.80. The van der Waals surface area contributed by atoms with E-state index >= 15 is 0 Å². The van der Waals surface area contributed by atoms with Gasteiger partial charge in [-0.3, -0.25) is 4.99 Å². The van der Waals surface area contributed by atoms with Crippen molar-refractivity contribution in [2.75, 3.05) is 11.1 Å². The Hall–Kier alpha value is -1.17. The van der Waals surface area contributed by atoms with Crippen LogP contribution < -0.4 is 5.32 Å². The standard InChI is InChI=1S/C13H15F3N2S/c1-12(2)7-8-19-11(18-12)17-10-5-3-9(4-6-10)13(14,15)16/h3-6H,7-8H2,1-2H3,(H,17,18). The molecule has 1 aromatic carbocycles. The average Bonchev–Trinajstić information content (AvgIpc) is 2.27. The van der Waals surface area contributed by atoms with Crippen LogP contribution in [0.2, 0.25) is 0 Å². The van der Waals surface area contributed by atoms with Gasteiger partial charge in [0.1, 0.15) is 0 Å². The predicted molar refractivity (Wildman–Crippen MR) is 73.7 cm³/mol. The number of anilines is 1. The topological polar surface area (TPSA) is 24.4 Å². The summed E-state index contributed by atoms with van der Waals surface area (Å²) in [4.78, 5) is 4.53. The van der Waals surface area contributed by atoms with Gasteiger partial charge >= 0.3 is 6.18 Å². The van der Waals surface area contributed by atoms with Crippen molar-refractivity contribution in [3.63, 3.8) is 0 Å². The van der Waals surface area contributed by atoms with Crippen molar-refractivity contribution in [2.45, 2.75) is 32.0 Å². The van der Waals surface area contributed by atoms with Gasteiger partial charge in [0.2, 0.25) is 0 Å². The van der Waals surface area contributed by atoms with Crippen LogP contribution in [0.25, 0.3) is 0 Å². The molecule has 0 amide bonds. The fourth-order valence-corrected chi connectivity index (χ4v) is 2.99. The molecular weight excluding hydrogens is 273 g/mol. The number of alkyl halides is 3. The van der Waals surface area contributed by atoms with E-state index in [0.717, 1.165) is 29.5 Å². The highest BCUT2D eigenvalue weighted by Crippen LogP contribution is 2.31. The fourth-order valence-electron chi connectivity index (χ4n) is 1.69. The molecule has 6 heteroatoms. The maximum atomic E-state index is 12.4. The molecule has 0 atom stereocenters. The average molecular weight is 288 g/mol. The molecule has 0 saturated carbocycles. The molecule has 19 heavy (non-hydrogen) atoms. The molecule has 1 aliphatic heterocycles. The molecular formula is C13H15F3N2S. The zero-order chi connectivity index (χ0) is 14.1. The van der Waals surface area contributed by atoms with Crippen LogP contribution in [0.4, 0.5) is 18.9 Å². The van der Waals surface area contributed by atoms with Gasteiger partial charge in [0, 0.05) is 11.4 Å². The number of hydrogen-bond acceptors (Lipinski definition) is 3. The minimum atomic E-state index is -4.29. The molecule has 2 rings (SSSR count). The van der Waals surface area contributed by atoms with Crippen molar-refractivity contribution in [1.29, 1.82) is 0 Å². The molecule has 0 fully saturated rings. The van der Waals surface area contributed by atoms with Gasteiger partial charge in [-0.25, -0.2) is 0 Å². The van der Waals surface area contributed by atoms with E-state index < -0.39 is 11.7 Å². The van der Waals surface area contributed by atoms with Gasteiger partial charge in [-0.2, -0.15) is 13.2 Å². The smallest absolute Gasteiger partial charge is 0.335 e. The summed E-state index contributed by atoms with van der Waals surface area (Å²) in [5.74, 6) is 0.958. The van der Waals surface area contributed by atoms with Crippen molar-refractivity contribution >= 4 is 22.6 Å². The zero-order valence-electron chi connectivity index (χ0n) is 10.7. The van der Waals surface area contributed by atoms with E-state index in [9.17, 15) is 13.2 Å². The second kappa shape index (κ2) is 5.07. The summed E-state index contributed by atoms with van der Waals surface area (Å²) >= 11 is 1.59. The lowest BCUT2D eigenvalue weighted by Crippen LogP contribution is -2.27. The summed E-state index contributed by atoms with van der Waals surface area (Å²) in [6.07, 6.45) is -3.30. The Balaban J connectivity index is 2.10. The lowest BCUT2D eigenvalue weighted by Gasteiger charge is -2.26. The molecule has 0 spiro atoms. The Morgan fingerprint density at radius 1 is 1.21 bits per heavy atom. The third-order valence-electron chi connectivity index (χ3n) is 2.82. The van der Waals surface area contributed by atoms with E-state index in [1.165, 1.54) is 12.1 Å². The van der Waals surface area contributed by atoms with Gasteiger partial charge in [0.25, 0.3) is 0 Å². The van der Waals surface area contributed by atoms with Crippen LogP contribution >= 0.6 is 11.8 Å². The molecule has 1 aliphatic rings. The molecule has 1 heterocycles. The number of nitrogens with zero attached hydrogens (tertiary/aromatic N) is 1. The summed E-state index contributed by atoms with van der Waals surface area (Å²) in [7, 11) is 0. The Labute approximate surface area is 114 Å². The number of thioether (sulfide) groups is 1. The second-order valence-electron chi connectivity index (χ2n) is 5.03. The van der Waals surface area contributed by atoms with Crippen LogP contribution in [0, 0.1) is 0 Å². The Morgan fingerprint density at radius 2 is 1.84 bits per heavy atom. The van der Waals surface area contributed by atoms with Crippen molar-refractivity contribution in [3.8, 4) is 0 Å². The van der Waals surface area contributed by atoms with Gasteiger partial charge in [-0.05, 0) is 44.5 Å². The molecule has 104 valence electrons. The summed E-state index contributed by atoms with van der Waals surface area (Å²) in [6.45, 7) is 4.09. The molecule has 2 nitrogen and oxygen atoms in total. The number of benzene rings is 1. The first-order valence-electron chi connectivity index (χ1n) is 5.93. The summed E-state index contributed by atoms with van der Waals surface area (Å²) in [5.41, 5.74) is -0.131. The largest absolute Gasteiger partial charge is 0.416 e. The predicted octanol–water partition coefficient (Wildman–Crippen LogP) is 4.39. The van der Waals surface area contributed by atoms with Crippen LogP contribution in [0.15, 0.2) is 29.3 Å².